The number of halogens is 1. The molecule has 0 bridgehead atoms. The van der Waals surface area contributed by atoms with Crippen LogP contribution in [-0.4, -0.2) is 36.5 Å². The second-order valence-electron chi connectivity index (χ2n) is 8.22. The number of benzene rings is 3. The molecule has 1 saturated heterocycles. The average molecular weight is 429 g/mol. The van der Waals surface area contributed by atoms with E-state index in [1.807, 2.05) is 35.2 Å². The maximum absolute atomic E-state index is 13.2. The van der Waals surface area contributed by atoms with Crippen LogP contribution in [0, 0.1) is 5.82 Å². The summed E-state index contributed by atoms with van der Waals surface area (Å²) in [5, 5.41) is 0. The predicted octanol–water partition coefficient (Wildman–Crippen LogP) is 4.86. The quantitative estimate of drug-likeness (QED) is 0.595. The third-order valence-electron chi connectivity index (χ3n) is 6.16. The van der Waals surface area contributed by atoms with Crippen molar-refractivity contribution in [3.05, 3.63) is 95.3 Å². The highest BCUT2D eigenvalue weighted by atomic mass is 19.1. The van der Waals surface area contributed by atoms with Crippen molar-refractivity contribution in [2.75, 3.05) is 29.4 Å². The lowest BCUT2D eigenvalue weighted by atomic mass is 10.1. The number of carbonyl (C=O) groups excluding carboxylic acids is 2. The van der Waals surface area contributed by atoms with E-state index in [9.17, 15) is 14.0 Å². The Morgan fingerprint density at radius 3 is 2.41 bits per heavy atom. The fourth-order valence-electron chi connectivity index (χ4n) is 4.47. The van der Waals surface area contributed by atoms with Gasteiger partial charge in [-0.15, -0.1) is 0 Å². The number of hydrogen-bond acceptors (Lipinski definition) is 2. The first-order valence-electron chi connectivity index (χ1n) is 10.9. The highest BCUT2D eigenvalue weighted by Crippen LogP contribution is 2.29. The van der Waals surface area contributed by atoms with Crippen molar-refractivity contribution < 1.29 is 14.0 Å². The summed E-state index contributed by atoms with van der Waals surface area (Å²) < 4.78 is 13.2. The molecule has 2 aliphatic rings. The molecule has 3 amide bonds. The van der Waals surface area contributed by atoms with Gasteiger partial charge >= 0.3 is 6.03 Å². The lowest BCUT2D eigenvalue weighted by Gasteiger charge is -2.35. The van der Waals surface area contributed by atoms with Gasteiger partial charge in [-0.05, 0) is 66.4 Å². The van der Waals surface area contributed by atoms with Crippen LogP contribution in [0.25, 0.3) is 0 Å². The molecule has 0 unspecified atom stereocenters. The predicted molar refractivity (Wildman–Crippen MR) is 122 cm³/mol. The van der Waals surface area contributed by atoms with E-state index in [0.717, 1.165) is 29.8 Å². The van der Waals surface area contributed by atoms with E-state index in [1.54, 1.807) is 34.1 Å². The van der Waals surface area contributed by atoms with Crippen LogP contribution in [0.4, 0.5) is 20.6 Å². The molecule has 3 aromatic carbocycles. The lowest BCUT2D eigenvalue weighted by Crippen LogP contribution is -2.49. The number of amides is 3. The third kappa shape index (κ3) is 3.84. The summed E-state index contributed by atoms with van der Waals surface area (Å²) in [4.78, 5) is 31.5. The van der Waals surface area contributed by atoms with E-state index in [0.29, 0.717) is 31.7 Å². The van der Waals surface area contributed by atoms with Crippen LogP contribution in [0.3, 0.4) is 0 Å². The average Bonchev–Trinajstić information content (AvgIpc) is 3.26. The number of nitrogens with zero attached hydrogens (tertiary/aromatic N) is 3. The molecule has 5 nitrogen and oxygen atoms in total. The van der Waals surface area contributed by atoms with Crippen molar-refractivity contribution in [2.24, 2.45) is 0 Å². The van der Waals surface area contributed by atoms with Gasteiger partial charge in [0.1, 0.15) is 5.82 Å². The Morgan fingerprint density at radius 2 is 1.62 bits per heavy atom. The molecule has 162 valence electrons. The zero-order valence-corrected chi connectivity index (χ0v) is 17.7. The number of para-hydroxylation sites is 1. The van der Waals surface area contributed by atoms with Gasteiger partial charge in [0.2, 0.25) is 0 Å². The molecule has 0 saturated carbocycles. The summed E-state index contributed by atoms with van der Waals surface area (Å²) in [6, 6.07) is 21.4. The molecule has 5 rings (SSSR count). The number of urea groups is 1. The standard InChI is InChI=1S/C26H24FN3O2/c27-22-10-6-19(7-11-22)18-28-15-3-16-29(26(28)32)23-12-8-21(9-13-23)25(31)30-17-14-20-4-1-2-5-24(20)30/h1-2,4-13H,3,14-18H2. The Hall–Kier alpha value is -3.67. The minimum Gasteiger partial charge on any atom is -0.320 e. The smallest absolute Gasteiger partial charge is 0.320 e. The van der Waals surface area contributed by atoms with Crippen molar-refractivity contribution in [1.82, 2.24) is 4.90 Å². The molecule has 32 heavy (non-hydrogen) atoms. The molecule has 0 aromatic heterocycles. The van der Waals surface area contributed by atoms with Gasteiger partial charge in [0.25, 0.3) is 5.91 Å². The van der Waals surface area contributed by atoms with Crippen molar-refractivity contribution in [1.29, 1.82) is 0 Å². The summed E-state index contributed by atoms with van der Waals surface area (Å²) >= 11 is 0. The Bertz CT molecular complexity index is 1140. The molecule has 2 aliphatic heterocycles. The molecule has 0 atom stereocenters. The van der Waals surface area contributed by atoms with Gasteiger partial charge in [0, 0.05) is 43.1 Å². The van der Waals surface area contributed by atoms with Crippen molar-refractivity contribution in [3.8, 4) is 0 Å². The lowest BCUT2D eigenvalue weighted by molar-refractivity contribution is 0.0989. The summed E-state index contributed by atoms with van der Waals surface area (Å²) in [5.74, 6) is -0.309. The first kappa shape index (κ1) is 20.2. The molecule has 0 N–H and O–H groups in total. The highest BCUT2D eigenvalue weighted by Gasteiger charge is 2.28. The van der Waals surface area contributed by atoms with Crippen molar-refractivity contribution >= 4 is 23.3 Å². The van der Waals surface area contributed by atoms with Gasteiger partial charge < -0.3 is 9.80 Å². The van der Waals surface area contributed by atoms with Crippen LogP contribution >= 0.6 is 0 Å². The molecule has 0 aliphatic carbocycles. The van der Waals surface area contributed by atoms with Gasteiger partial charge in [-0.3, -0.25) is 9.69 Å². The number of rotatable bonds is 4. The van der Waals surface area contributed by atoms with E-state index in [-0.39, 0.29) is 17.8 Å². The van der Waals surface area contributed by atoms with Crippen molar-refractivity contribution in [2.45, 2.75) is 19.4 Å². The topological polar surface area (TPSA) is 43.9 Å². The molecule has 1 fully saturated rings. The monoisotopic (exact) mass is 429 g/mol. The zero-order valence-electron chi connectivity index (χ0n) is 17.7. The molecule has 0 radical (unpaired) electrons. The van der Waals surface area contributed by atoms with Crippen LogP contribution in [0.1, 0.15) is 27.9 Å². The van der Waals surface area contributed by atoms with E-state index in [1.165, 1.54) is 17.7 Å². The Morgan fingerprint density at radius 1 is 0.875 bits per heavy atom. The van der Waals surface area contributed by atoms with E-state index >= 15 is 0 Å². The minimum absolute atomic E-state index is 0.0237. The normalized spacial score (nSPS) is 15.8. The molecule has 2 heterocycles. The fourth-order valence-corrected chi connectivity index (χ4v) is 4.47. The SMILES string of the molecule is O=C1N(Cc2ccc(F)cc2)CCCN1c1ccc(C(=O)N2CCc3ccccc32)cc1. The Kier molecular flexibility index (Phi) is 5.35. The van der Waals surface area contributed by atoms with Crippen LogP contribution in [0.2, 0.25) is 0 Å². The minimum atomic E-state index is -0.285. The second-order valence-corrected chi connectivity index (χ2v) is 8.22. The Labute approximate surface area is 186 Å². The Balaban J connectivity index is 1.29. The third-order valence-corrected chi connectivity index (χ3v) is 6.16. The van der Waals surface area contributed by atoms with E-state index < -0.39 is 0 Å². The summed E-state index contributed by atoms with van der Waals surface area (Å²) in [6.45, 7) is 2.42. The largest absolute Gasteiger partial charge is 0.324 e. The highest BCUT2D eigenvalue weighted by molar-refractivity contribution is 6.07. The molecule has 6 heteroatoms. The number of carbonyl (C=O) groups is 2. The molecule has 3 aromatic rings. The van der Waals surface area contributed by atoms with Gasteiger partial charge in [-0.2, -0.15) is 0 Å². The van der Waals surface area contributed by atoms with Crippen LogP contribution in [-0.2, 0) is 13.0 Å². The van der Waals surface area contributed by atoms with Gasteiger partial charge in [-0.1, -0.05) is 30.3 Å². The van der Waals surface area contributed by atoms with Gasteiger partial charge in [0.05, 0.1) is 0 Å². The molecular weight excluding hydrogens is 405 g/mol. The number of fused-ring (bicyclic) bond motifs is 1. The summed E-state index contributed by atoms with van der Waals surface area (Å²) in [5.41, 5.74) is 4.45. The fraction of sp³-hybridized carbons (Fsp3) is 0.231. The maximum Gasteiger partial charge on any atom is 0.324 e. The van der Waals surface area contributed by atoms with Crippen molar-refractivity contribution in [3.63, 3.8) is 0 Å². The van der Waals surface area contributed by atoms with Gasteiger partial charge in [-0.25, -0.2) is 9.18 Å². The maximum atomic E-state index is 13.2. The zero-order chi connectivity index (χ0) is 22.1. The van der Waals surface area contributed by atoms with E-state index in [4.69, 9.17) is 0 Å². The summed E-state index contributed by atoms with van der Waals surface area (Å²) in [7, 11) is 0. The number of hydrogen-bond donors (Lipinski definition) is 0. The van der Waals surface area contributed by atoms with Crippen LogP contribution in [0.5, 0.6) is 0 Å². The summed E-state index contributed by atoms with van der Waals surface area (Å²) in [6.07, 6.45) is 1.71. The molecular formula is C26H24FN3O2. The second kappa shape index (κ2) is 8.46. The van der Waals surface area contributed by atoms with Gasteiger partial charge in [0.15, 0.2) is 0 Å². The first-order valence-corrected chi connectivity index (χ1v) is 10.9. The van der Waals surface area contributed by atoms with E-state index in [2.05, 4.69) is 6.07 Å². The van der Waals surface area contributed by atoms with Crippen LogP contribution in [0.15, 0.2) is 72.8 Å². The van der Waals surface area contributed by atoms with Crippen LogP contribution < -0.4 is 9.80 Å². The first-order chi connectivity index (χ1) is 15.6. The molecule has 0 spiro atoms. The number of anilines is 2.